The maximum atomic E-state index is 8.96. The summed E-state index contributed by atoms with van der Waals surface area (Å²) in [6.45, 7) is 4.89. The van der Waals surface area contributed by atoms with Crippen molar-refractivity contribution >= 4 is 28.5 Å². The highest BCUT2D eigenvalue weighted by Gasteiger charge is 2.22. The lowest BCUT2D eigenvalue weighted by Crippen LogP contribution is -2.47. The number of nitrogens with zero attached hydrogens (tertiary/aromatic N) is 6. The van der Waals surface area contributed by atoms with E-state index in [0.717, 1.165) is 80.7 Å². The van der Waals surface area contributed by atoms with Gasteiger partial charge in [-0.25, -0.2) is 9.97 Å². The van der Waals surface area contributed by atoms with Crippen LogP contribution in [0.15, 0.2) is 42.6 Å². The summed E-state index contributed by atoms with van der Waals surface area (Å²) >= 11 is 0. The van der Waals surface area contributed by atoms with Gasteiger partial charge in [-0.15, -0.1) is 0 Å². The molecule has 1 unspecified atom stereocenters. The van der Waals surface area contributed by atoms with Gasteiger partial charge >= 0.3 is 0 Å². The molecule has 1 aromatic carbocycles. The molecule has 5 rings (SSSR count). The van der Waals surface area contributed by atoms with E-state index in [9.17, 15) is 0 Å². The molecule has 0 amide bonds. The number of benzene rings is 1. The van der Waals surface area contributed by atoms with E-state index in [0.29, 0.717) is 5.56 Å². The molecular weight excluding hydrogens is 390 g/mol. The highest BCUT2D eigenvalue weighted by molar-refractivity contribution is 5.90. The first kappa shape index (κ1) is 19.5. The Kier molecular flexibility index (Phi) is 5.50. The number of para-hydroxylation sites is 1. The number of rotatable bonds is 5. The zero-order valence-electron chi connectivity index (χ0n) is 17.4. The van der Waals surface area contributed by atoms with Crippen LogP contribution in [0.25, 0.3) is 10.9 Å². The van der Waals surface area contributed by atoms with Gasteiger partial charge in [0, 0.05) is 50.9 Å². The summed E-state index contributed by atoms with van der Waals surface area (Å²) in [5.74, 6) is 2.52. The number of aromatic nitrogens is 3. The molecule has 2 aromatic heterocycles. The van der Waals surface area contributed by atoms with Crippen LogP contribution >= 0.6 is 0 Å². The summed E-state index contributed by atoms with van der Waals surface area (Å²) in [4.78, 5) is 18.6. The predicted molar refractivity (Wildman–Crippen MR) is 120 cm³/mol. The molecule has 4 heterocycles. The number of anilines is 3. The summed E-state index contributed by atoms with van der Waals surface area (Å²) in [6, 6.07) is 14.0. The number of nitrogens with one attached hydrogen (secondary N) is 1. The van der Waals surface area contributed by atoms with Crippen molar-refractivity contribution in [2.45, 2.75) is 18.9 Å². The molecule has 158 valence electrons. The van der Waals surface area contributed by atoms with Crippen molar-refractivity contribution in [3.8, 4) is 6.07 Å². The molecule has 3 aromatic rings. The smallest absolute Gasteiger partial charge is 0.228 e. The fourth-order valence-electron chi connectivity index (χ4n) is 4.13. The van der Waals surface area contributed by atoms with Crippen LogP contribution in [0.4, 0.5) is 17.6 Å². The molecule has 0 aliphatic carbocycles. The van der Waals surface area contributed by atoms with E-state index in [1.807, 2.05) is 30.3 Å². The lowest BCUT2D eigenvalue weighted by Gasteiger charge is -2.35. The number of hydrogen-bond donors (Lipinski definition) is 1. The van der Waals surface area contributed by atoms with Crippen molar-refractivity contribution in [1.82, 2.24) is 15.0 Å². The molecule has 8 nitrogen and oxygen atoms in total. The van der Waals surface area contributed by atoms with Crippen LogP contribution in [0.1, 0.15) is 18.4 Å². The average molecular weight is 416 g/mol. The van der Waals surface area contributed by atoms with E-state index in [1.54, 1.807) is 6.20 Å². The number of fused-ring (bicyclic) bond motifs is 1. The molecule has 0 radical (unpaired) electrons. The van der Waals surface area contributed by atoms with E-state index in [1.165, 1.54) is 0 Å². The molecule has 1 atom stereocenters. The molecule has 2 fully saturated rings. The minimum absolute atomic E-state index is 0.251. The van der Waals surface area contributed by atoms with Gasteiger partial charge in [0.05, 0.1) is 17.2 Å². The maximum absolute atomic E-state index is 8.96. The molecule has 2 aliphatic heterocycles. The van der Waals surface area contributed by atoms with Crippen molar-refractivity contribution < 1.29 is 4.74 Å². The Labute approximate surface area is 181 Å². The standard InChI is InChI=1S/C23H25N7O/c24-14-17-7-8-21(25-15-17)29-9-11-30(12-10-29)23-27-20-6-2-1-5-19(20)22(28-23)26-16-18-4-3-13-31-18/h1-2,5-8,15,18H,3-4,9-13,16H2,(H,26,27,28). The molecule has 0 saturated carbocycles. The minimum atomic E-state index is 0.251. The lowest BCUT2D eigenvalue weighted by molar-refractivity contribution is 0.120. The van der Waals surface area contributed by atoms with Gasteiger partial charge in [-0.3, -0.25) is 0 Å². The van der Waals surface area contributed by atoms with Crippen molar-refractivity contribution in [3.63, 3.8) is 0 Å². The zero-order valence-corrected chi connectivity index (χ0v) is 17.4. The van der Waals surface area contributed by atoms with Crippen molar-refractivity contribution in [2.75, 3.05) is 54.4 Å². The summed E-state index contributed by atoms with van der Waals surface area (Å²) in [6.07, 6.45) is 4.09. The average Bonchev–Trinajstić information content (AvgIpc) is 3.36. The number of nitriles is 1. The SMILES string of the molecule is N#Cc1ccc(N2CCN(c3nc(NCC4CCCO4)c4ccccc4n3)CC2)nc1. The molecule has 2 aliphatic rings. The second-order valence-corrected chi connectivity index (χ2v) is 7.90. The highest BCUT2D eigenvalue weighted by Crippen LogP contribution is 2.25. The first-order valence-electron chi connectivity index (χ1n) is 10.8. The molecule has 0 spiro atoms. The Balaban J connectivity index is 1.32. The minimum Gasteiger partial charge on any atom is -0.376 e. The summed E-state index contributed by atoms with van der Waals surface area (Å²) in [5, 5.41) is 13.5. The number of ether oxygens (including phenoxy) is 1. The van der Waals surface area contributed by atoms with Crippen LogP contribution in [0.5, 0.6) is 0 Å². The predicted octanol–water partition coefficient (Wildman–Crippen LogP) is 2.81. The van der Waals surface area contributed by atoms with Gasteiger partial charge in [-0.2, -0.15) is 10.2 Å². The van der Waals surface area contributed by atoms with Crippen LogP contribution in [0.3, 0.4) is 0 Å². The van der Waals surface area contributed by atoms with E-state index >= 15 is 0 Å². The largest absolute Gasteiger partial charge is 0.376 e. The van der Waals surface area contributed by atoms with E-state index in [4.69, 9.17) is 20.0 Å². The highest BCUT2D eigenvalue weighted by atomic mass is 16.5. The molecule has 8 heteroatoms. The third kappa shape index (κ3) is 4.23. The fourth-order valence-corrected chi connectivity index (χ4v) is 4.13. The first-order chi connectivity index (χ1) is 15.3. The van der Waals surface area contributed by atoms with Crippen LogP contribution in [-0.2, 0) is 4.74 Å². The van der Waals surface area contributed by atoms with E-state index in [-0.39, 0.29) is 6.10 Å². The number of hydrogen-bond acceptors (Lipinski definition) is 8. The van der Waals surface area contributed by atoms with Gasteiger partial charge < -0.3 is 19.9 Å². The van der Waals surface area contributed by atoms with E-state index in [2.05, 4.69) is 32.2 Å². The fraction of sp³-hybridized carbons (Fsp3) is 0.391. The van der Waals surface area contributed by atoms with Gasteiger partial charge in [0.2, 0.25) is 5.95 Å². The first-order valence-corrected chi connectivity index (χ1v) is 10.8. The third-order valence-electron chi connectivity index (χ3n) is 5.88. The van der Waals surface area contributed by atoms with E-state index < -0.39 is 0 Å². The Morgan fingerprint density at radius 2 is 1.90 bits per heavy atom. The van der Waals surface area contributed by atoms with Gasteiger partial charge in [0.25, 0.3) is 0 Å². The monoisotopic (exact) mass is 415 g/mol. The third-order valence-corrected chi connectivity index (χ3v) is 5.88. The Morgan fingerprint density at radius 3 is 2.65 bits per heavy atom. The Morgan fingerprint density at radius 1 is 1.06 bits per heavy atom. The van der Waals surface area contributed by atoms with Crippen LogP contribution in [-0.4, -0.2) is 60.4 Å². The summed E-state index contributed by atoms with van der Waals surface area (Å²) < 4.78 is 5.76. The van der Waals surface area contributed by atoms with Gasteiger partial charge in [-0.1, -0.05) is 12.1 Å². The molecule has 31 heavy (non-hydrogen) atoms. The number of piperazine rings is 1. The second-order valence-electron chi connectivity index (χ2n) is 7.90. The second kappa shape index (κ2) is 8.74. The lowest BCUT2D eigenvalue weighted by atomic mass is 10.2. The van der Waals surface area contributed by atoms with Crippen LogP contribution < -0.4 is 15.1 Å². The maximum Gasteiger partial charge on any atom is 0.228 e. The van der Waals surface area contributed by atoms with Gasteiger partial charge in [-0.05, 0) is 37.1 Å². The zero-order chi connectivity index (χ0) is 21.0. The molecule has 0 bridgehead atoms. The quantitative estimate of drug-likeness (QED) is 0.680. The van der Waals surface area contributed by atoms with Crippen molar-refractivity contribution in [3.05, 3.63) is 48.2 Å². The van der Waals surface area contributed by atoms with Crippen molar-refractivity contribution in [1.29, 1.82) is 5.26 Å². The van der Waals surface area contributed by atoms with Gasteiger partial charge in [0.15, 0.2) is 0 Å². The van der Waals surface area contributed by atoms with Crippen molar-refractivity contribution in [2.24, 2.45) is 0 Å². The normalized spacial score (nSPS) is 18.9. The van der Waals surface area contributed by atoms with Crippen LogP contribution in [0.2, 0.25) is 0 Å². The van der Waals surface area contributed by atoms with Gasteiger partial charge in [0.1, 0.15) is 17.7 Å². The topological polar surface area (TPSA) is 90.2 Å². The summed E-state index contributed by atoms with van der Waals surface area (Å²) in [5.41, 5.74) is 1.52. The number of pyridine rings is 1. The molecular formula is C23H25N7O. The Bertz CT molecular complexity index is 1080. The van der Waals surface area contributed by atoms with Crippen LogP contribution in [0, 0.1) is 11.3 Å². The summed E-state index contributed by atoms with van der Waals surface area (Å²) in [7, 11) is 0. The molecule has 1 N–H and O–H groups in total. The Hall–Kier alpha value is -3.44. The molecule has 2 saturated heterocycles.